The predicted molar refractivity (Wildman–Crippen MR) is 68.1 cm³/mol. The highest BCUT2D eigenvalue weighted by molar-refractivity contribution is 7.15. The van der Waals surface area contributed by atoms with Crippen molar-refractivity contribution < 1.29 is 0 Å². The van der Waals surface area contributed by atoms with Crippen molar-refractivity contribution in [1.29, 1.82) is 0 Å². The Morgan fingerprint density at radius 2 is 1.80 bits per heavy atom. The van der Waals surface area contributed by atoms with E-state index in [1.165, 1.54) is 15.3 Å². The lowest BCUT2D eigenvalue weighted by Gasteiger charge is -2.05. The van der Waals surface area contributed by atoms with Crippen LogP contribution in [0.3, 0.4) is 0 Å². The van der Waals surface area contributed by atoms with Crippen molar-refractivity contribution in [2.45, 2.75) is 13.8 Å². The molecule has 0 radical (unpaired) electrons. The molecule has 2 aromatic rings. The van der Waals surface area contributed by atoms with Gasteiger partial charge in [0.2, 0.25) is 0 Å². The second kappa shape index (κ2) is 3.59. The number of hydrogen-bond acceptors (Lipinski definition) is 3. The van der Waals surface area contributed by atoms with Crippen molar-refractivity contribution in [3.05, 3.63) is 34.7 Å². The normalized spacial score (nSPS) is 10.5. The van der Waals surface area contributed by atoms with Gasteiger partial charge in [-0.1, -0.05) is 0 Å². The van der Waals surface area contributed by atoms with E-state index in [4.69, 9.17) is 11.5 Å². The fourth-order valence-corrected chi connectivity index (χ4v) is 2.77. The lowest BCUT2D eigenvalue weighted by Crippen LogP contribution is -1.92. The molecule has 0 amide bonds. The molecular formula is C12H14N2S. The Morgan fingerprint density at radius 3 is 2.33 bits per heavy atom. The molecule has 0 saturated heterocycles. The van der Waals surface area contributed by atoms with E-state index >= 15 is 0 Å². The summed E-state index contributed by atoms with van der Waals surface area (Å²) in [5, 5.41) is 0. The summed E-state index contributed by atoms with van der Waals surface area (Å²) in [5.41, 5.74) is 15.4. The Bertz CT molecular complexity index is 500. The van der Waals surface area contributed by atoms with Gasteiger partial charge in [0, 0.05) is 26.7 Å². The van der Waals surface area contributed by atoms with Crippen molar-refractivity contribution in [2.75, 3.05) is 11.5 Å². The van der Waals surface area contributed by atoms with Crippen LogP contribution in [-0.4, -0.2) is 0 Å². The highest BCUT2D eigenvalue weighted by Gasteiger charge is 2.08. The van der Waals surface area contributed by atoms with E-state index in [1.807, 2.05) is 18.2 Å². The van der Waals surface area contributed by atoms with E-state index in [2.05, 4.69) is 19.9 Å². The largest absolute Gasteiger partial charge is 0.399 e. The number of nitrogens with two attached hydrogens (primary N) is 2. The van der Waals surface area contributed by atoms with Gasteiger partial charge < -0.3 is 11.5 Å². The average Bonchev–Trinajstić information content (AvgIpc) is 2.45. The fourth-order valence-electron chi connectivity index (χ4n) is 1.70. The van der Waals surface area contributed by atoms with E-state index in [1.54, 1.807) is 11.3 Å². The molecule has 0 unspecified atom stereocenters. The molecule has 2 nitrogen and oxygen atoms in total. The Hall–Kier alpha value is -1.48. The number of anilines is 2. The third kappa shape index (κ3) is 1.83. The Labute approximate surface area is 93.5 Å². The van der Waals surface area contributed by atoms with E-state index in [9.17, 15) is 0 Å². The molecule has 1 aromatic carbocycles. The molecule has 2 rings (SSSR count). The Balaban J connectivity index is 2.59. The van der Waals surface area contributed by atoms with Gasteiger partial charge in [-0.25, -0.2) is 0 Å². The van der Waals surface area contributed by atoms with Gasteiger partial charge >= 0.3 is 0 Å². The number of thiophene rings is 1. The number of hydrogen-bond donors (Lipinski definition) is 2. The molecule has 0 aliphatic carbocycles. The van der Waals surface area contributed by atoms with Gasteiger partial charge in [-0.2, -0.15) is 0 Å². The number of nitrogen functional groups attached to an aromatic ring is 2. The number of aryl methyl sites for hydroxylation is 2. The van der Waals surface area contributed by atoms with Gasteiger partial charge in [0.15, 0.2) is 0 Å². The van der Waals surface area contributed by atoms with Gasteiger partial charge in [-0.05, 0) is 43.7 Å². The summed E-state index contributed by atoms with van der Waals surface area (Å²) in [6, 6.07) is 7.86. The van der Waals surface area contributed by atoms with Crippen molar-refractivity contribution in [1.82, 2.24) is 0 Å². The zero-order chi connectivity index (χ0) is 11.0. The first kappa shape index (κ1) is 10.1. The third-order valence-electron chi connectivity index (χ3n) is 2.36. The van der Waals surface area contributed by atoms with Crippen LogP contribution in [-0.2, 0) is 0 Å². The van der Waals surface area contributed by atoms with Crippen LogP contribution in [0.5, 0.6) is 0 Å². The van der Waals surface area contributed by atoms with Crippen molar-refractivity contribution in [2.24, 2.45) is 0 Å². The van der Waals surface area contributed by atoms with Crippen LogP contribution in [0.4, 0.5) is 11.4 Å². The molecule has 0 saturated carbocycles. The molecule has 78 valence electrons. The van der Waals surface area contributed by atoms with Gasteiger partial charge in [0.05, 0.1) is 0 Å². The zero-order valence-corrected chi connectivity index (χ0v) is 9.69. The molecule has 1 heterocycles. The maximum atomic E-state index is 5.96. The monoisotopic (exact) mass is 218 g/mol. The highest BCUT2D eigenvalue weighted by atomic mass is 32.1. The van der Waals surface area contributed by atoms with Gasteiger partial charge in [-0.3, -0.25) is 0 Å². The number of rotatable bonds is 1. The lowest BCUT2D eigenvalue weighted by molar-refractivity contribution is 1.50. The first-order valence-electron chi connectivity index (χ1n) is 4.80. The predicted octanol–water partition coefficient (Wildman–Crippen LogP) is 3.20. The Morgan fingerprint density at radius 1 is 1.07 bits per heavy atom. The summed E-state index contributed by atoms with van der Waals surface area (Å²) in [4.78, 5) is 2.55. The standard InChI is InChI=1S/C12H14N2S/c1-7-5-8(2)15-12(7)10-4-3-9(13)6-11(10)14/h3-6H,13-14H2,1-2H3. The van der Waals surface area contributed by atoms with Crippen LogP contribution < -0.4 is 11.5 Å². The second-order valence-electron chi connectivity index (χ2n) is 3.72. The number of benzene rings is 1. The average molecular weight is 218 g/mol. The first-order valence-corrected chi connectivity index (χ1v) is 5.62. The minimum Gasteiger partial charge on any atom is -0.399 e. The van der Waals surface area contributed by atoms with Crippen LogP contribution in [0, 0.1) is 13.8 Å². The van der Waals surface area contributed by atoms with Crippen molar-refractivity contribution >= 4 is 22.7 Å². The molecule has 0 spiro atoms. The molecule has 0 fully saturated rings. The summed E-state index contributed by atoms with van der Waals surface area (Å²) in [6.45, 7) is 4.21. The summed E-state index contributed by atoms with van der Waals surface area (Å²) >= 11 is 1.77. The van der Waals surface area contributed by atoms with E-state index in [-0.39, 0.29) is 0 Å². The van der Waals surface area contributed by atoms with Crippen molar-refractivity contribution in [3.8, 4) is 10.4 Å². The van der Waals surface area contributed by atoms with Gasteiger partial charge in [0.25, 0.3) is 0 Å². The van der Waals surface area contributed by atoms with Crippen LogP contribution in [0.25, 0.3) is 10.4 Å². The Kier molecular flexibility index (Phi) is 2.40. The summed E-state index contributed by atoms with van der Waals surface area (Å²) < 4.78 is 0. The van der Waals surface area contributed by atoms with E-state index in [0.717, 1.165) is 11.3 Å². The SMILES string of the molecule is Cc1cc(C)c(-c2ccc(N)cc2N)s1. The first-order chi connectivity index (χ1) is 7.08. The second-order valence-corrected chi connectivity index (χ2v) is 4.97. The van der Waals surface area contributed by atoms with Crippen LogP contribution >= 0.6 is 11.3 Å². The maximum Gasteiger partial charge on any atom is 0.0422 e. The van der Waals surface area contributed by atoms with Crippen LogP contribution in [0.15, 0.2) is 24.3 Å². The van der Waals surface area contributed by atoms with Crippen LogP contribution in [0.1, 0.15) is 10.4 Å². The molecule has 0 atom stereocenters. The van der Waals surface area contributed by atoms with Gasteiger partial charge in [-0.15, -0.1) is 11.3 Å². The summed E-state index contributed by atoms with van der Waals surface area (Å²) in [5.74, 6) is 0. The minimum absolute atomic E-state index is 0.710. The summed E-state index contributed by atoms with van der Waals surface area (Å²) in [7, 11) is 0. The van der Waals surface area contributed by atoms with Gasteiger partial charge in [0.1, 0.15) is 0 Å². The quantitative estimate of drug-likeness (QED) is 0.722. The topological polar surface area (TPSA) is 52.0 Å². The molecular weight excluding hydrogens is 204 g/mol. The lowest BCUT2D eigenvalue weighted by atomic mass is 10.1. The molecule has 15 heavy (non-hydrogen) atoms. The molecule has 4 N–H and O–H groups in total. The maximum absolute atomic E-state index is 5.96. The molecule has 0 aliphatic heterocycles. The molecule has 1 aromatic heterocycles. The zero-order valence-electron chi connectivity index (χ0n) is 8.87. The molecule has 0 aliphatic rings. The fraction of sp³-hybridized carbons (Fsp3) is 0.167. The van der Waals surface area contributed by atoms with Crippen molar-refractivity contribution in [3.63, 3.8) is 0 Å². The van der Waals surface area contributed by atoms with E-state index < -0.39 is 0 Å². The molecule has 0 bridgehead atoms. The highest BCUT2D eigenvalue weighted by Crippen LogP contribution is 2.36. The molecule has 3 heteroatoms. The summed E-state index contributed by atoms with van der Waals surface area (Å²) in [6.07, 6.45) is 0. The minimum atomic E-state index is 0.710. The smallest absolute Gasteiger partial charge is 0.0422 e. The third-order valence-corrected chi connectivity index (χ3v) is 3.55. The van der Waals surface area contributed by atoms with E-state index in [0.29, 0.717) is 5.69 Å². The van der Waals surface area contributed by atoms with Crippen LogP contribution in [0.2, 0.25) is 0 Å².